The van der Waals surface area contributed by atoms with Gasteiger partial charge in [-0.1, -0.05) is 20.8 Å². The predicted octanol–water partition coefficient (Wildman–Crippen LogP) is 1.67. The standard InChI is InChI=1S/C13H26N2O2.ClH/c1-13(2,3)11(14)12(16)15-7-5-6-10(8-15)9-17-4;/h10-11H,5-9,14H2,1-4H3;1H/t10?,11-;/m1./s1. The third kappa shape index (κ3) is 4.75. The molecule has 1 unspecified atom stereocenters. The van der Waals surface area contributed by atoms with Crippen molar-refractivity contribution in [3.63, 3.8) is 0 Å². The number of methoxy groups -OCH3 is 1. The van der Waals surface area contributed by atoms with Crippen molar-refractivity contribution >= 4 is 18.3 Å². The molecule has 1 fully saturated rings. The van der Waals surface area contributed by atoms with Crippen LogP contribution >= 0.6 is 12.4 Å². The Labute approximate surface area is 117 Å². The molecule has 0 aromatic rings. The molecule has 0 saturated carbocycles. The quantitative estimate of drug-likeness (QED) is 0.854. The highest BCUT2D eigenvalue weighted by molar-refractivity contribution is 5.85. The van der Waals surface area contributed by atoms with Gasteiger partial charge in [0, 0.05) is 20.2 Å². The Morgan fingerprint density at radius 3 is 2.61 bits per heavy atom. The van der Waals surface area contributed by atoms with Crippen LogP contribution in [0.25, 0.3) is 0 Å². The second-order valence-electron chi connectivity index (χ2n) is 6.09. The lowest BCUT2D eigenvalue weighted by atomic mass is 9.86. The number of nitrogens with zero attached hydrogens (tertiary/aromatic N) is 1. The zero-order valence-electron chi connectivity index (χ0n) is 11.9. The minimum atomic E-state index is -0.413. The Hall–Kier alpha value is -0.320. The molecule has 5 heteroatoms. The maximum atomic E-state index is 12.3. The number of hydrogen-bond acceptors (Lipinski definition) is 3. The van der Waals surface area contributed by atoms with Gasteiger partial charge in [0.25, 0.3) is 0 Å². The summed E-state index contributed by atoms with van der Waals surface area (Å²) in [6.45, 7) is 8.37. The molecule has 1 amide bonds. The van der Waals surface area contributed by atoms with Gasteiger partial charge in [-0.15, -0.1) is 12.4 Å². The highest BCUT2D eigenvalue weighted by Crippen LogP contribution is 2.22. The van der Waals surface area contributed by atoms with Gasteiger partial charge in [-0.25, -0.2) is 0 Å². The Morgan fingerprint density at radius 1 is 1.50 bits per heavy atom. The van der Waals surface area contributed by atoms with Gasteiger partial charge in [-0.2, -0.15) is 0 Å². The summed E-state index contributed by atoms with van der Waals surface area (Å²) in [5.74, 6) is 0.545. The van der Waals surface area contributed by atoms with E-state index in [9.17, 15) is 4.79 Å². The summed E-state index contributed by atoms with van der Waals surface area (Å²) in [6.07, 6.45) is 2.19. The number of likely N-dealkylation sites (tertiary alicyclic amines) is 1. The van der Waals surface area contributed by atoms with E-state index in [1.165, 1.54) is 0 Å². The Bertz CT molecular complexity index is 264. The van der Waals surface area contributed by atoms with Gasteiger partial charge < -0.3 is 15.4 Å². The van der Waals surface area contributed by atoms with E-state index >= 15 is 0 Å². The molecule has 2 atom stereocenters. The molecule has 1 saturated heterocycles. The Morgan fingerprint density at radius 2 is 2.11 bits per heavy atom. The van der Waals surface area contributed by atoms with E-state index in [1.54, 1.807) is 7.11 Å². The smallest absolute Gasteiger partial charge is 0.240 e. The highest BCUT2D eigenvalue weighted by Gasteiger charge is 2.33. The van der Waals surface area contributed by atoms with Gasteiger partial charge >= 0.3 is 0 Å². The fourth-order valence-corrected chi connectivity index (χ4v) is 2.20. The minimum absolute atomic E-state index is 0. The van der Waals surface area contributed by atoms with Gasteiger partial charge in [0.05, 0.1) is 12.6 Å². The summed E-state index contributed by atoms with van der Waals surface area (Å²) in [5, 5.41) is 0. The molecule has 1 aliphatic rings. The van der Waals surface area contributed by atoms with E-state index in [2.05, 4.69) is 0 Å². The van der Waals surface area contributed by atoms with Gasteiger partial charge in [0.1, 0.15) is 0 Å². The summed E-state index contributed by atoms with van der Waals surface area (Å²) < 4.78 is 5.17. The first-order chi connectivity index (χ1) is 7.86. The van der Waals surface area contributed by atoms with E-state index in [4.69, 9.17) is 10.5 Å². The molecule has 2 N–H and O–H groups in total. The van der Waals surface area contributed by atoms with Crippen LogP contribution in [0.3, 0.4) is 0 Å². The third-order valence-corrected chi connectivity index (χ3v) is 3.43. The summed E-state index contributed by atoms with van der Waals surface area (Å²) in [5.41, 5.74) is 5.85. The number of halogens is 1. The monoisotopic (exact) mass is 278 g/mol. The van der Waals surface area contributed by atoms with Crippen molar-refractivity contribution in [2.75, 3.05) is 26.8 Å². The van der Waals surface area contributed by atoms with E-state index in [-0.39, 0.29) is 23.7 Å². The number of piperidine rings is 1. The number of amides is 1. The predicted molar refractivity (Wildman–Crippen MR) is 75.9 cm³/mol. The Balaban J connectivity index is 0.00000289. The molecule has 108 valence electrons. The first kappa shape index (κ1) is 17.7. The van der Waals surface area contributed by atoms with Crippen LogP contribution in [0.15, 0.2) is 0 Å². The second kappa shape index (κ2) is 7.31. The van der Waals surface area contributed by atoms with Crippen LogP contribution in [0.4, 0.5) is 0 Å². The van der Waals surface area contributed by atoms with Gasteiger partial charge in [0.2, 0.25) is 5.91 Å². The maximum absolute atomic E-state index is 12.3. The van der Waals surface area contributed by atoms with Gasteiger partial charge in [0.15, 0.2) is 0 Å². The molecular weight excluding hydrogens is 252 g/mol. The molecule has 18 heavy (non-hydrogen) atoms. The normalized spacial score (nSPS) is 22.3. The number of ether oxygens (including phenoxy) is 1. The van der Waals surface area contributed by atoms with E-state index in [1.807, 2.05) is 25.7 Å². The van der Waals surface area contributed by atoms with Crippen LogP contribution in [0, 0.1) is 11.3 Å². The van der Waals surface area contributed by atoms with E-state index in [0.29, 0.717) is 5.92 Å². The topological polar surface area (TPSA) is 55.6 Å². The molecule has 0 radical (unpaired) electrons. The zero-order chi connectivity index (χ0) is 13.1. The highest BCUT2D eigenvalue weighted by atomic mass is 35.5. The lowest BCUT2D eigenvalue weighted by Crippen LogP contribution is -2.53. The van der Waals surface area contributed by atoms with E-state index < -0.39 is 6.04 Å². The average molecular weight is 279 g/mol. The summed E-state index contributed by atoms with van der Waals surface area (Å²) in [6, 6.07) is -0.413. The molecule has 0 aromatic carbocycles. The van der Waals surface area contributed by atoms with Crippen LogP contribution in [-0.4, -0.2) is 43.7 Å². The lowest BCUT2D eigenvalue weighted by molar-refractivity contribution is -0.137. The molecule has 0 aromatic heterocycles. The largest absolute Gasteiger partial charge is 0.384 e. The SMILES string of the molecule is COCC1CCCN(C(=O)[C@@H](N)C(C)(C)C)C1.Cl. The molecule has 1 heterocycles. The summed E-state index contributed by atoms with van der Waals surface area (Å²) in [7, 11) is 1.71. The third-order valence-electron chi connectivity index (χ3n) is 3.43. The fourth-order valence-electron chi connectivity index (χ4n) is 2.20. The van der Waals surface area contributed by atoms with Crippen molar-refractivity contribution < 1.29 is 9.53 Å². The summed E-state index contributed by atoms with van der Waals surface area (Å²) in [4.78, 5) is 14.2. The second-order valence-corrected chi connectivity index (χ2v) is 6.09. The first-order valence-electron chi connectivity index (χ1n) is 6.39. The zero-order valence-corrected chi connectivity index (χ0v) is 12.8. The summed E-state index contributed by atoms with van der Waals surface area (Å²) >= 11 is 0. The molecule has 1 rings (SSSR count). The van der Waals surface area contributed by atoms with Crippen LogP contribution in [0.5, 0.6) is 0 Å². The van der Waals surface area contributed by atoms with Crippen molar-refractivity contribution in [2.24, 2.45) is 17.1 Å². The lowest BCUT2D eigenvalue weighted by Gasteiger charge is -2.37. The van der Waals surface area contributed by atoms with E-state index in [0.717, 1.165) is 32.5 Å². The van der Waals surface area contributed by atoms with Crippen molar-refractivity contribution in [3.05, 3.63) is 0 Å². The molecule has 0 bridgehead atoms. The van der Waals surface area contributed by atoms with Crippen LogP contribution < -0.4 is 5.73 Å². The number of hydrogen-bond donors (Lipinski definition) is 1. The van der Waals surface area contributed by atoms with Gasteiger partial charge in [-0.3, -0.25) is 4.79 Å². The van der Waals surface area contributed by atoms with Crippen molar-refractivity contribution in [1.29, 1.82) is 0 Å². The maximum Gasteiger partial charge on any atom is 0.240 e. The first-order valence-corrected chi connectivity index (χ1v) is 6.39. The number of carbonyl (C=O) groups is 1. The fraction of sp³-hybridized carbons (Fsp3) is 0.923. The molecule has 0 aliphatic carbocycles. The van der Waals surface area contributed by atoms with Crippen molar-refractivity contribution in [3.8, 4) is 0 Å². The van der Waals surface area contributed by atoms with Crippen LogP contribution in [0.1, 0.15) is 33.6 Å². The number of rotatable bonds is 3. The van der Waals surface area contributed by atoms with Crippen molar-refractivity contribution in [2.45, 2.75) is 39.7 Å². The van der Waals surface area contributed by atoms with Crippen molar-refractivity contribution in [1.82, 2.24) is 4.90 Å². The molecular formula is C13H27ClN2O2. The molecule has 0 spiro atoms. The molecule has 1 aliphatic heterocycles. The minimum Gasteiger partial charge on any atom is -0.384 e. The number of carbonyl (C=O) groups excluding carboxylic acids is 1. The van der Waals surface area contributed by atoms with Crippen LogP contribution in [-0.2, 0) is 9.53 Å². The van der Waals surface area contributed by atoms with Gasteiger partial charge in [-0.05, 0) is 24.2 Å². The Kier molecular flexibility index (Phi) is 7.18. The van der Waals surface area contributed by atoms with Crippen LogP contribution in [0.2, 0.25) is 0 Å². The average Bonchev–Trinajstić information content (AvgIpc) is 2.27. The number of nitrogens with two attached hydrogens (primary N) is 1. The molecule has 4 nitrogen and oxygen atoms in total.